The van der Waals surface area contributed by atoms with Gasteiger partial charge in [-0.25, -0.2) is 0 Å². The Morgan fingerprint density at radius 1 is 1.25 bits per heavy atom. The smallest absolute Gasteiger partial charge is 1.00 e. The largest absolute Gasteiger partial charge is 2.00 e. The molecule has 0 unspecified atom stereocenters. The van der Waals surface area contributed by atoms with Crippen LogP contribution in [0.1, 0.15) is 8.56 Å². The molecule has 0 rings (SSSR count). The van der Waals surface area contributed by atoms with Gasteiger partial charge in [-0.1, -0.05) is 0 Å². The minimum absolute atomic E-state index is 0. The van der Waals surface area contributed by atoms with Crippen molar-refractivity contribution in [3.8, 4) is 0 Å². The van der Waals surface area contributed by atoms with Gasteiger partial charge in [0, 0.05) is 0 Å². The van der Waals surface area contributed by atoms with E-state index in [9.17, 15) is 0 Å². The molecule has 4 heteroatoms. The Morgan fingerprint density at radius 3 is 1.25 bits per heavy atom. The van der Waals surface area contributed by atoms with Crippen LogP contribution in [-0.4, -0.2) is 60.8 Å². The first-order valence-corrected chi connectivity index (χ1v) is 0. The Kier molecular flexibility index (Phi) is 94.0. The number of hydrogen-bond acceptors (Lipinski definition) is 0. The average Bonchev–Trinajstić information content (AvgIpc) is 0. The van der Waals surface area contributed by atoms with E-state index in [2.05, 4.69) is 0 Å². The van der Waals surface area contributed by atoms with Crippen molar-refractivity contribution in [3.63, 3.8) is 0 Å². The zero-order valence-corrected chi connectivity index (χ0v) is 10.2. The first-order valence-electron chi connectivity index (χ1n) is 0. The van der Waals surface area contributed by atoms with E-state index in [1.54, 1.807) is 0 Å². The Hall–Kier alpha value is 4.26. The molecule has 4 heavy (non-hydrogen) atoms. The maximum Gasteiger partial charge on any atom is 2.00 e. The molecule has 0 spiro atoms. The third kappa shape index (κ3) is 9.54. The van der Waals surface area contributed by atoms with E-state index < -0.39 is 0 Å². The molecule has 0 aromatic carbocycles. The van der Waals surface area contributed by atoms with E-state index in [0.29, 0.717) is 0 Å². The van der Waals surface area contributed by atoms with Crippen molar-refractivity contribution in [2.45, 2.75) is 0 Å². The second-order valence-electron chi connectivity index (χ2n) is 0. The van der Waals surface area contributed by atoms with Crippen molar-refractivity contribution < 1.29 is 78.8 Å². The first kappa shape index (κ1) is 24.0. The quantitative estimate of drug-likeness (QED) is 0.277. The first-order chi connectivity index (χ1) is 0. The molecule has 0 aliphatic carbocycles. The zero-order valence-electron chi connectivity index (χ0n) is 9.41. The number of rotatable bonds is 0. The fourth-order valence-electron chi connectivity index (χ4n) is 0. The summed E-state index contributed by atoms with van der Waals surface area (Å²) in [6.07, 6.45) is 0. The van der Waals surface area contributed by atoms with Gasteiger partial charge in [0.15, 0.2) is 0 Å². The minimum Gasteiger partial charge on any atom is -1.00 e. The van der Waals surface area contributed by atoms with E-state index in [-0.39, 0.29) is 140 Å². The predicted molar refractivity (Wildman–Crippen MR) is 18.2 cm³/mol. The van der Waals surface area contributed by atoms with Crippen molar-refractivity contribution >= 4 is 60.8 Å². The third-order valence-electron chi connectivity index (χ3n) is 0. The molecule has 0 saturated carbocycles. The summed E-state index contributed by atoms with van der Waals surface area (Å²) in [6, 6.07) is 0. The van der Waals surface area contributed by atoms with Crippen LogP contribution in [0.4, 0.5) is 0 Å². The molecule has 0 amide bonds. The Morgan fingerprint density at radius 2 is 1.25 bits per heavy atom. The molecule has 0 aromatic heterocycles. The van der Waals surface area contributed by atoms with Gasteiger partial charge in [-0.2, -0.15) is 0 Å². The monoisotopic (exact) mass is 116 g/mol. The van der Waals surface area contributed by atoms with Crippen LogP contribution in [0.25, 0.3) is 0 Å². The molecule has 0 aromatic rings. The molecule has 0 fully saturated rings. The Labute approximate surface area is 136 Å². The summed E-state index contributed by atoms with van der Waals surface area (Å²) < 4.78 is 0. The van der Waals surface area contributed by atoms with Crippen LogP contribution in [0.5, 0.6) is 0 Å². The molecular weight excluding hydrogens is 110 g/mol. The molecule has 0 N–H and O–H groups in total. The summed E-state index contributed by atoms with van der Waals surface area (Å²) in [5.74, 6) is 0. The summed E-state index contributed by atoms with van der Waals surface area (Å²) >= 11 is 0. The van der Waals surface area contributed by atoms with Crippen molar-refractivity contribution in [1.82, 2.24) is 0 Å². The Bertz CT molecular complexity index is 17.7. The maximum atomic E-state index is 0. The van der Waals surface area contributed by atoms with Crippen LogP contribution >= 0.6 is 0 Å². The van der Waals surface area contributed by atoms with E-state index in [4.69, 9.17) is 0 Å². The fraction of sp³-hybridized carbons (Fsp3) is 0. The predicted octanol–water partition coefficient (Wildman–Crippen LogP) is -6.08. The second kappa shape index (κ2) is 15.7. The molecule has 12 valence electrons. The normalized spacial score (nSPS) is 0. The standard InChI is InChI=1S/Ca.K.Li.Mg.6H/q+2;2*+1;+2;6*-1. The van der Waals surface area contributed by atoms with Gasteiger partial charge in [-0.3, -0.25) is 0 Å². The van der Waals surface area contributed by atoms with E-state index in [1.165, 1.54) is 0 Å². The van der Waals surface area contributed by atoms with Gasteiger partial charge in [0.05, 0.1) is 0 Å². The van der Waals surface area contributed by atoms with Crippen molar-refractivity contribution in [2.75, 3.05) is 0 Å². The van der Waals surface area contributed by atoms with E-state index in [0.717, 1.165) is 0 Å². The SMILES string of the molecule is [Ca+2].[H-].[H-].[H-].[H-].[H-].[H-].[K+].[Li+].[Mg+2]. The van der Waals surface area contributed by atoms with Crippen LogP contribution < -0.4 is 70.2 Å². The van der Waals surface area contributed by atoms with Gasteiger partial charge < -0.3 is 8.56 Å². The number of hydrogen-bond donors (Lipinski definition) is 0. The topological polar surface area (TPSA) is 0 Å². The Balaban J connectivity index is 0. The van der Waals surface area contributed by atoms with Gasteiger partial charge in [-0.15, -0.1) is 0 Å². The minimum atomic E-state index is 0. The molecule has 0 atom stereocenters. The molecular formula is H6CaKLiMg. The summed E-state index contributed by atoms with van der Waals surface area (Å²) in [4.78, 5) is 0. The van der Waals surface area contributed by atoms with Crippen molar-refractivity contribution in [2.24, 2.45) is 0 Å². The van der Waals surface area contributed by atoms with Crippen LogP contribution in [-0.2, 0) is 0 Å². The van der Waals surface area contributed by atoms with Crippen LogP contribution in [0, 0.1) is 0 Å². The summed E-state index contributed by atoms with van der Waals surface area (Å²) in [7, 11) is 0. The molecule has 0 aliphatic rings. The second-order valence-corrected chi connectivity index (χ2v) is 0. The molecule has 0 nitrogen and oxygen atoms in total. The maximum absolute atomic E-state index is 0. The van der Waals surface area contributed by atoms with Gasteiger partial charge in [0.2, 0.25) is 0 Å². The average molecular weight is 116 g/mol. The van der Waals surface area contributed by atoms with E-state index >= 15 is 0 Å². The van der Waals surface area contributed by atoms with Gasteiger partial charge in [-0.05, 0) is 0 Å². The fourth-order valence-corrected chi connectivity index (χ4v) is 0. The van der Waals surface area contributed by atoms with Crippen molar-refractivity contribution in [3.05, 3.63) is 0 Å². The summed E-state index contributed by atoms with van der Waals surface area (Å²) in [5, 5.41) is 0. The zero-order chi connectivity index (χ0) is 0. The molecule has 0 aliphatic heterocycles. The van der Waals surface area contributed by atoms with Crippen LogP contribution in [0.15, 0.2) is 0 Å². The van der Waals surface area contributed by atoms with Crippen LogP contribution in [0.3, 0.4) is 0 Å². The molecule has 0 bridgehead atoms. The van der Waals surface area contributed by atoms with Gasteiger partial charge in [0.1, 0.15) is 0 Å². The van der Waals surface area contributed by atoms with Gasteiger partial charge >= 0.3 is 131 Å². The van der Waals surface area contributed by atoms with E-state index in [1.807, 2.05) is 0 Å². The molecule has 0 heterocycles. The van der Waals surface area contributed by atoms with Crippen LogP contribution in [0.2, 0.25) is 0 Å². The van der Waals surface area contributed by atoms with Crippen molar-refractivity contribution in [1.29, 1.82) is 0 Å². The summed E-state index contributed by atoms with van der Waals surface area (Å²) in [6.45, 7) is 0. The third-order valence-corrected chi connectivity index (χ3v) is 0. The van der Waals surface area contributed by atoms with Gasteiger partial charge in [0.25, 0.3) is 0 Å². The molecule has 0 radical (unpaired) electrons. The summed E-state index contributed by atoms with van der Waals surface area (Å²) in [5.41, 5.74) is 0. The molecule has 0 saturated heterocycles.